The highest BCUT2D eigenvalue weighted by Crippen LogP contribution is 2.34. The maximum atomic E-state index is 12.3. The van der Waals surface area contributed by atoms with Gasteiger partial charge in [0.1, 0.15) is 11.5 Å². The van der Waals surface area contributed by atoms with Crippen LogP contribution in [0.2, 0.25) is 0 Å². The number of hydrogen-bond donors (Lipinski definition) is 1. The van der Waals surface area contributed by atoms with Crippen LogP contribution in [0, 0.1) is 0 Å². The summed E-state index contributed by atoms with van der Waals surface area (Å²) in [5.41, 5.74) is 2.12. The van der Waals surface area contributed by atoms with E-state index in [1.165, 1.54) is 0 Å². The number of methoxy groups -OCH3 is 1. The van der Waals surface area contributed by atoms with Gasteiger partial charge in [-0.1, -0.05) is 18.2 Å². The molecule has 0 aromatic heterocycles. The number of nitrogens with one attached hydrogen (secondary N) is 1. The van der Waals surface area contributed by atoms with E-state index in [-0.39, 0.29) is 24.8 Å². The molecule has 0 saturated carbocycles. The van der Waals surface area contributed by atoms with E-state index in [4.69, 9.17) is 9.47 Å². The molecule has 2 aromatic rings. The van der Waals surface area contributed by atoms with E-state index in [0.29, 0.717) is 23.7 Å². The Morgan fingerprint density at radius 2 is 2.08 bits per heavy atom. The highest BCUT2D eigenvalue weighted by molar-refractivity contribution is 6.00. The number of ether oxygens (including phenoxy) is 2. The van der Waals surface area contributed by atoms with Crippen LogP contribution in [0.4, 0.5) is 11.4 Å². The van der Waals surface area contributed by atoms with E-state index in [2.05, 4.69) is 11.9 Å². The molecule has 1 N–H and O–H groups in total. The lowest BCUT2D eigenvalue weighted by Gasteiger charge is -2.28. The first-order valence-electron chi connectivity index (χ1n) is 8.21. The Morgan fingerprint density at radius 3 is 2.77 bits per heavy atom. The molecular formula is C20H20N2O4. The summed E-state index contributed by atoms with van der Waals surface area (Å²) in [4.78, 5) is 25.9. The Labute approximate surface area is 152 Å². The van der Waals surface area contributed by atoms with Crippen molar-refractivity contribution in [3.8, 4) is 11.5 Å². The Kier molecular flexibility index (Phi) is 5.22. The third-order valence-electron chi connectivity index (χ3n) is 4.02. The number of hydrogen-bond acceptors (Lipinski definition) is 4. The molecule has 0 radical (unpaired) electrons. The van der Waals surface area contributed by atoms with Gasteiger partial charge in [0.25, 0.3) is 5.91 Å². The molecule has 0 atom stereocenters. The van der Waals surface area contributed by atoms with Crippen LogP contribution in [0.15, 0.2) is 55.1 Å². The van der Waals surface area contributed by atoms with Crippen LogP contribution in [0.1, 0.15) is 5.56 Å². The van der Waals surface area contributed by atoms with Crippen molar-refractivity contribution in [1.29, 1.82) is 0 Å². The Bertz CT molecular complexity index is 830. The van der Waals surface area contributed by atoms with E-state index >= 15 is 0 Å². The molecular weight excluding hydrogens is 332 g/mol. The molecule has 0 unspecified atom stereocenters. The lowest BCUT2D eigenvalue weighted by Crippen LogP contribution is -2.38. The zero-order valence-electron chi connectivity index (χ0n) is 14.5. The van der Waals surface area contributed by atoms with Crippen molar-refractivity contribution in [2.24, 2.45) is 0 Å². The van der Waals surface area contributed by atoms with Gasteiger partial charge >= 0.3 is 0 Å². The van der Waals surface area contributed by atoms with Crippen molar-refractivity contribution in [1.82, 2.24) is 0 Å². The zero-order chi connectivity index (χ0) is 18.5. The number of benzene rings is 2. The second-order valence-corrected chi connectivity index (χ2v) is 5.84. The summed E-state index contributed by atoms with van der Waals surface area (Å²) in [6, 6.07) is 12.6. The van der Waals surface area contributed by atoms with Crippen LogP contribution < -0.4 is 19.7 Å². The van der Waals surface area contributed by atoms with Crippen molar-refractivity contribution in [3.05, 3.63) is 60.7 Å². The van der Waals surface area contributed by atoms with Crippen LogP contribution >= 0.6 is 0 Å². The summed E-state index contributed by atoms with van der Waals surface area (Å²) in [6.07, 6.45) is 1.90. The lowest BCUT2D eigenvalue weighted by atomic mass is 10.1. The molecule has 6 heteroatoms. The molecule has 2 aromatic carbocycles. The largest absolute Gasteiger partial charge is 0.497 e. The summed E-state index contributed by atoms with van der Waals surface area (Å²) in [5.74, 6) is 1.07. The van der Waals surface area contributed by atoms with Crippen LogP contribution in [0.25, 0.3) is 0 Å². The topological polar surface area (TPSA) is 67.9 Å². The van der Waals surface area contributed by atoms with Gasteiger partial charge in [-0.2, -0.15) is 0 Å². The van der Waals surface area contributed by atoms with Gasteiger partial charge in [-0.25, -0.2) is 0 Å². The van der Waals surface area contributed by atoms with E-state index in [1.807, 2.05) is 24.3 Å². The molecule has 0 saturated heterocycles. The molecule has 26 heavy (non-hydrogen) atoms. The summed E-state index contributed by atoms with van der Waals surface area (Å²) >= 11 is 0. The number of fused-ring (bicyclic) bond motifs is 1. The average Bonchev–Trinajstić information content (AvgIpc) is 2.65. The normalized spacial score (nSPS) is 12.8. The van der Waals surface area contributed by atoms with Crippen LogP contribution in [0.3, 0.4) is 0 Å². The molecule has 2 amide bonds. The first-order valence-corrected chi connectivity index (χ1v) is 8.21. The molecule has 0 spiro atoms. The summed E-state index contributed by atoms with van der Waals surface area (Å²) in [7, 11) is 1.60. The van der Waals surface area contributed by atoms with Crippen LogP contribution in [-0.2, 0) is 16.0 Å². The van der Waals surface area contributed by atoms with Crippen molar-refractivity contribution < 1.29 is 19.1 Å². The zero-order valence-corrected chi connectivity index (χ0v) is 14.5. The lowest BCUT2D eigenvalue weighted by molar-refractivity contribution is -0.121. The Balaban J connectivity index is 1.72. The fourth-order valence-electron chi connectivity index (χ4n) is 2.74. The monoisotopic (exact) mass is 352 g/mol. The predicted molar refractivity (Wildman–Crippen MR) is 99.8 cm³/mol. The highest BCUT2D eigenvalue weighted by atomic mass is 16.5. The van der Waals surface area contributed by atoms with Crippen molar-refractivity contribution in [2.75, 3.05) is 30.5 Å². The minimum atomic E-state index is -0.145. The molecule has 134 valence electrons. The first kappa shape index (κ1) is 17.5. The van der Waals surface area contributed by atoms with Gasteiger partial charge in [0.2, 0.25) is 5.91 Å². The van der Waals surface area contributed by atoms with E-state index < -0.39 is 0 Å². The van der Waals surface area contributed by atoms with Crippen molar-refractivity contribution in [3.63, 3.8) is 0 Å². The Morgan fingerprint density at radius 1 is 1.31 bits per heavy atom. The fourth-order valence-corrected chi connectivity index (χ4v) is 2.74. The number of anilines is 2. The van der Waals surface area contributed by atoms with E-state index in [1.54, 1.807) is 36.3 Å². The maximum absolute atomic E-state index is 12.3. The first-order chi connectivity index (χ1) is 12.6. The predicted octanol–water partition coefficient (Wildman–Crippen LogP) is 2.79. The third kappa shape index (κ3) is 3.85. The number of amides is 2. The SMILES string of the molecule is C=CCN1C(=O)COc2ccc(NC(=O)Cc3ccc(OC)cc3)cc21. The van der Waals surface area contributed by atoms with E-state index in [0.717, 1.165) is 11.3 Å². The smallest absolute Gasteiger partial charge is 0.265 e. The molecule has 3 rings (SSSR count). The summed E-state index contributed by atoms with van der Waals surface area (Å²) in [6.45, 7) is 4.07. The molecule has 0 aliphatic carbocycles. The quantitative estimate of drug-likeness (QED) is 0.812. The van der Waals surface area contributed by atoms with Gasteiger partial charge in [0, 0.05) is 12.2 Å². The Hall–Kier alpha value is -3.28. The van der Waals surface area contributed by atoms with Crippen LogP contribution in [-0.4, -0.2) is 32.1 Å². The van der Waals surface area contributed by atoms with Gasteiger partial charge in [-0.3, -0.25) is 9.59 Å². The van der Waals surface area contributed by atoms with Gasteiger partial charge in [0.15, 0.2) is 6.61 Å². The van der Waals surface area contributed by atoms with Crippen molar-refractivity contribution >= 4 is 23.2 Å². The number of nitrogens with zero attached hydrogens (tertiary/aromatic N) is 1. The molecule has 6 nitrogen and oxygen atoms in total. The second-order valence-electron chi connectivity index (χ2n) is 5.84. The summed E-state index contributed by atoms with van der Waals surface area (Å²) in [5, 5.41) is 2.86. The average molecular weight is 352 g/mol. The highest BCUT2D eigenvalue weighted by Gasteiger charge is 2.25. The van der Waals surface area contributed by atoms with Gasteiger partial charge < -0.3 is 19.7 Å². The van der Waals surface area contributed by atoms with Gasteiger partial charge in [-0.15, -0.1) is 6.58 Å². The molecule has 0 bridgehead atoms. The fraction of sp³-hybridized carbons (Fsp3) is 0.200. The number of carbonyl (C=O) groups is 2. The van der Waals surface area contributed by atoms with Gasteiger partial charge in [0.05, 0.1) is 19.2 Å². The molecule has 0 fully saturated rings. The minimum absolute atomic E-state index is 0.00398. The van der Waals surface area contributed by atoms with Crippen LogP contribution in [0.5, 0.6) is 11.5 Å². The minimum Gasteiger partial charge on any atom is -0.497 e. The maximum Gasteiger partial charge on any atom is 0.265 e. The molecule has 1 aliphatic rings. The van der Waals surface area contributed by atoms with E-state index in [9.17, 15) is 9.59 Å². The molecule has 1 heterocycles. The van der Waals surface area contributed by atoms with Crippen molar-refractivity contribution in [2.45, 2.75) is 6.42 Å². The number of rotatable bonds is 6. The molecule has 1 aliphatic heterocycles. The summed E-state index contributed by atoms with van der Waals surface area (Å²) < 4.78 is 10.5. The third-order valence-corrected chi connectivity index (χ3v) is 4.02. The van der Waals surface area contributed by atoms with Gasteiger partial charge in [-0.05, 0) is 35.9 Å². The second kappa shape index (κ2) is 7.74. The number of carbonyl (C=O) groups excluding carboxylic acids is 2. The standard InChI is InChI=1S/C20H20N2O4/c1-3-10-22-17-12-15(6-9-18(17)26-13-20(22)24)21-19(23)11-14-4-7-16(25-2)8-5-14/h3-9,12H,1,10-11,13H2,2H3,(H,21,23).